The molecule has 12 aromatic carbocycles. The van der Waals surface area contributed by atoms with E-state index in [1.807, 2.05) is 127 Å². The van der Waals surface area contributed by atoms with Crippen molar-refractivity contribution >= 4 is 91.5 Å². The largest absolute Gasteiger partial charge is 0.493 e. The molecule has 0 unspecified atom stereocenters. The van der Waals surface area contributed by atoms with Crippen molar-refractivity contribution < 1.29 is 80.4 Å². The van der Waals surface area contributed by atoms with Crippen molar-refractivity contribution in [2.75, 3.05) is 39.2 Å². The third-order valence-corrected chi connectivity index (χ3v) is 19.0. The number of fused-ring (bicyclic) bond motifs is 4. The SMILES string of the molecule is Cc1cc(-c2ccccc2)ccc1N1[CH-]N(c2[c-]cccc2)c2ccccc21.Cc1cc(-c2ccccc2)ccc1N1[CH-]N(c2[c-]cccc2)c2cccnc21.Cc1cc(-c2ccccc2)ccc1N1[CH-]N(c2[c-]cccc2)c2nccnc21.Cc1cnc2c(c1)N(c1ccccc1C)[CH-]N2c1[c-]cccc1.[Ir].[Ir].[Ir].[Ir]. The molecule has 0 aliphatic carbocycles. The molecule has 0 saturated heterocycles. The first-order valence-electron chi connectivity index (χ1n) is 35.6. The Bertz CT molecular complexity index is 5130. The standard InChI is InChI=1S/C26H20N2.C25H19N3.C24H18N4.C20H17N3.4Ir/c1-20-18-22(21-10-4-2-5-11-21)16-17-24(20)28-19-27(23-12-6-3-7-13-23)25-14-8-9-15-26(25)28;1-19-17-21(20-9-4-2-5-10-20)14-15-23(19)28-18-27(22-11-6-3-7-12-22)24-13-8-16-26-25(24)28;1-18-16-20(19-8-4-2-5-9-19)12-13-22(18)28-17-27(21-10-6-3-7-11-21)23-24(28)26-15-14-25-23;1-15-12-19-20(21-13-15)22(17-9-4-3-5-10-17)14-23(19)18-11-7-6-8-16(18)2;;;;/h2-12,14-19H,1H3;2-11,13-18H,1H3;2-10,12-17H,1H3;3-9,11-14H,1-2H3;;;;/q4*-2;;;;. The quantitative estimate of drug-likeness (QED) is 0.116. The second-order valence-corrected chi connectivity index (χ2v) is 26.2. The number of anilines is 16. The fourth-order valence-corrected chi connectivity index (χ4v) is 13.8. The first-order valence-corrected chi connectivity index (χ1v) is 35.6. The van der Waals surface area contributed by atoms with Crippen LogP contribution in [0.4, 0.5) is 91.5 Å². The number of nitrogens with zero attached hydrogens (tertiary/aromatic N) is 12. The smallest absolute Gasteiger partial charge is 0.145 e. The number of hydrogen-bond acceptors (Lipinski definition) is 12. The first-order chi connectivity index (χ1) is 52.7. The number of aromatic nitrogens is 4. The molecule has 0 atom stereocenters. The maximum absolute atomic E-state index is 4.66. The average Bonchev–Trinajstić information content (AvgIpc) is 1.68. The van der Waals surface area contributed by atoms with Gasteiger partial charge in [-0.3, -0.25) is 0 Å². The van der Waals surface area contributed by atoms with E-state index in [9.17, 15) is 0 Å². The molecule has 0 amide bonds. The Labute approximate surface area is 705 Å². The molecule has 558 valence electrons. The Morgan fingerprint density at radius 3 is 1.01 bits per heavy atom. The van der Waals surface area contributed by atoms with Crippen molar-refractivity contribution in [3.63, 3.8) is 0 Å². The Balaban J connectivity index is 0.000000136. The summed E-state index contributed by atoms with van der Waals surface area (Å²) < 4.78 is 0. The second kappa shape index (κ2) is 36.7. The number of hydrogen-bond donors (Lipinski definition) is 0. The van der Waals surface area contributed by atoms with Gasteiger partial charge in [0.25, 0.3) is 0 Å². The van der Waals surface area contributed by atoms with Gasteiger partial charge in [-0.05, 0) is 169 Å². The molecular weight excluding hydrogens is 2080 g/mol. The molecule has 111 heavy (non-hydrogen) atoms. The zero-order valence-electron chi connectivity index (χ0n) is 61.3. The van der Waals surface area contributed by atoms with E-state index in [2.05, 4.69) is 339 Å². The second-order valence-electron chi connectivity index (χ2n) is 26.2. The fraction of sp³-hybridized carbons (Fsp3) is 0.0526. The molecule has 4 aliphatic heterocycles. The van der Waals surface area contributed by atoms with Crippen LogP contribution >= 0.6 is 0 Å². The molecule has 16 heteroatoms. The van der Waals surface area contributed by atoms with Crippen LogP contribution in [0.5, 0.6) is 0 Å². The van der Waals surface area contributed by atoms with Crippen LogP contribution in [-0.2, 0) is 80.4 Å². The van der Waals surface area contributed by atoms with Crippen LogP contribution in [0.15, 0.2) is 334 Å². The summed E-state index contributed by atoms with van der Waals surface area (Å²) in [6, 6.07) is 119. The van der Waals surface area contributed by atoms with Crippen LogP contribution in [0.25, 0.3) is 33.4 Å². The van der Waals surface area contributed by atoms with Gasteiger partial charge in [-0.1, -0.05) is 140 Å². The average molecular weight is 2150 g/mol. The summed E-state index contributed by atoms with van der Waals surface area (Å²) in [6.07, 6.45) is 7.19. The number of pyridine rings is 2. The van der Waals surface area contributed by atoms with Crippen molar-refractivity contribution in [3.05, 3.63) is 413 Å². The van der Waals surface area contributed by atoms with Gasteiger partial charge < -0.3 is 39.2 Å². The monoisotopic (exact) mass is 2150 g/mol. The van der Waals surface area contributed by atoms with Crippen LogP contribution in [0.1, 0.15) is 27.8 Å². The summed E-state index contributed by atoms with van der Waals surface area (Å²) >= 11 is 0. The molecule has 12 nitrogen and oxygen atoms in total. The summed E-state index contributed by atoms with van der Waals surface area (Å²) in [4.78, 5) is 35.6. The number of benzene rings is 12. The molecule has 19 rings (SSSR count). The summed E-state index contributed by atoms with van der Waals surface area (Å²) in [6.45, 7) is 19.0. The molecule has 0 N–H and O–H groups in total. The van der Waals surface area contributed by atoms with Crippen LogP contribution in [0, 0.1) is 85.6 Å². The van der Waals surface area contributed by atoms with Crippen LogP contribution in [0.3, 0.4) is 0 Å². The maximum atomic E-state index is 4.66. The Morgan fingerprint density at radius 1 is 0.225 bits per heavy atom. The molecule has 7 heterocycles. The van der Waals surface area contributed by atoms with Gasteiger partial charge in [0.1, 0.15) is 23.3 Å². The van der Waals surface area contributed by atoms with Gasteiger partial charge in [-0.15, -0.1) is 49.4 Å². The van der Waals surface area contributed by atoms with Crippen molar-refractivity contribution in [1.29, 1.82) is 0 Å². The fourth-order valence-electron chi connectivity index (χ4n) is 13.8. The summed E-state index contributed by atoms with van der Waals surface area (Å²) in [7, 11) is 0. The molecule has 4 aliphatic rings. The summed E-state index contributed by atoms with van der Waals surface area (Å²) in [5, 5.41) is 0. The van der Waals surface area contributed by atoms with E-state index in [4.69, 9.17) is 0 Å². The van der Waals surface area contributed by atoms with Crippen LogP contribution < -0.4 is 39.2 Å². The van der Waals surface area contributed by atoms with E-state index in [1.165, 1.54) is 72.7 Å². The Hall–Kier alpha value is -11.0. The Kier molecular flexibility index (Phi) is 26.3. The van der Waals surface area contributed by atoms with Crippen molar-refractivity contribution in [2.24, 2.45) is 0 Å². The van der Waals surface area contributed by atoms with E-state index in [0.717, 1.165) is 80.0 Å². The van der Waals surface area contributed by atoms with Crippen molar-refractivity contribution in [1.82, 2.24) is 19.9 Å². The van der Waals surface area contributed by atoms with Crippen molar-refractivity contribution in [2.45, 2.75) is 34.6 Å². The van der Waals surface area contributed by atoms with Crippen molar-refractivity contribution in [3.8, 4) is 33.4 Å². The van der Waals surface area contributed by atoms with Gasteiger partial charge in [-0.2, -0.15) is 121 Å². The minimum absolute atomic E-state index is 0. The molecule has 0 saturated carbocycles. The predicted octanol–water partition coefficient (Wildman–Crippen LogP) is 23.7. The summed E-state index contributed by atoms with van der Waals surface area (Å²) in [5.41, 5.74) is 26.3. The van der Waals surface area contributed by atoms with Gasteiger partial charge in [0, 0.05) is 139 Å². The zero-order chi connectivity index (χ0) is 72.6. The third-order valence-electron chi connectivity index (χ3n) is 19.0. The maximum Gasteiger partial charge on any atom is 0.145 e. The van der Waals surface area contributed by atoms with Gasteiger partial charge >= 0.3 is 0 Å². The van der Waals surface area contributed by atoms with Gasteiger partial charge in [0.05, 0.1) is 11.4 Å². The normalized spacial score (nSPS) is 12.5. The Morgan fingerprint density at radius 2 is 0.550 bits per heavy atom. The molecule has 15 aromatic rings. The van der Waals surface area contributed by atoms with Gasteiger partial charge in [0.15, 0.2) is 0 Å². The molecule has 0 spiro atoms. The van der Waals surface area contributed by atoms with Crippen LogP contribution in [-0.4, -0.2) is 19.9 Å². The number of para-hydroxylation sites is 7. The zero-order valence-corrected chi connectivity index (χ0v) is 70.8. The van der Waals surface area contributed by atoms with E-state index < -0.39 is 0 Å². The van der Waals surface area contributed by atoms with Gasteiger partial charge in [-0.25, -0.2) is 19.9 Å². The van der Waals surface area contributed by atoms with Gasteiger partial charge in [0.2, 0.25) is 0 Å². The molecule has 4 radical (unpaired) electrons. The molecule has 3 aromatic heterocycles. The topological polar surface area (TPSA) is 77.5 Å². The first kappa shape index (κ1) is 79.6. The number of aryl methyl sites for hydroxylation is 5. The minimum Gasteiger partial charge on any atom is -0.493 e. The van der Waals surface area contributed by atoms with E-state index in [-0.39, 0.29) is 80.4 Å². The van der Waals surface area contributed by atoms with Crippen LogP contribution in [0.2, 0.25) is 0 Å². The molecule has 0 bridgehead atoms. The molecular formula is C95H74Ir4N12-8. The molecule has 0 fully saturated rings. The predicted molar refractivity (Wildman–Crippen MR) is 438 cm³/mol. The number of rotatable bonds is 11. The summed E-state index contributed by atoms with van der Waals surface area (Å²) in [5.74, 6) is 3.48. The third kappa shape index (κ3) is 17.2. The van der Waals surface area contributed by atoms with E-state index in [0.29, 0.717) is 0 Å². The minimum atomic E-state index is 0. The van der Waals surface area contributed by atoms with E-state index >= 15 is 0 Å². The van der Waals surface area contributed by atoms with E-state index in [1.54, 1.807) is 12.4 Å².